The van der Waals surface area contributed by atoms with Crippen LogP contribution in [0.25, 0.3) is 0 Å². The average molecular weight is 274 g/mol. The van der Waals surface area contributed by atoms with Crippen LogP contribution >= 0.6 is 0 Å². The Morgan fingerprint density at radius 3 is 2.47 bits per heavy atom. The van der Waals surface area contributed by atoms with Crippen molar-refractivity contribution in [2.24, 2.45) is 11.8 Å². The molecule has 2 rings (SSSR count). The van der Waals surface area contributed by atoms with Gasteiger partial charge in [-0.1, -0.05) is 13.8 Å². The summed E-state index contributed by atoms with van der Waals surface area (Å²) in [5, 5.41) is 3.04. The Kier molecular flexibility index (Phi) is 3.56. The molecule has 1 fully saturated rings. The van der Waals surface area contributed by atoms with Gasteiger partial charge < -0.3 is 11.1 Å². The number of anilines is 2. The van der Waals surface area contributed by atoms with Crippen LogP contribution in [0.4, 0.5) is 24.8 Å². The van der Waals surface area contributed by atoms with Gasteiger partial charge in [-0.15, -0.1) is 0 Å². The molecule has 19 heavy (non-hydrogen) atoms. The Labute approximate surface area is 109 Å². The molecule has 1 saturated carbocycles. The van der Waals surface area contributed by atoms with Crippen LogP contribution < -0.4 is 11.1 Å². The van der Waals surface area contributed by atoms with Crippen LogP contribution in [0, 0.1) is 11.8 Å². The summed E-state index contributed by atoms with van der Waals surface area (Å²) in [6, 6.07) is 1.47. The molecule has 106 valence electrons. The van der Waals surface area contributed by atoms with Gasteiger partial charge in [-0.2, -0.15) is 13.2 Å². The Hall–Kier alpha value is -1.53. The molecule has 0 saturated heterocycles. The molecule has 1 aliphatic rings. The quantitative estimate of drug-likeness (QED) is 0.870. The fraction of sp³-hybridized carbons (Fsp3) is 0.667. The maximum atomic E-state index is 12.6. The molecule has 1 aromatic rings. The Bertz CT molecular complexity index is 461. The van der Waals surface area contributed by atoms with Crippen molar-refractivity contribution in [1.82, 2.24) is 9.97 Å². The number of rotatable bonds is 2. The highest BCUT2D eigenvalue weighted by Gasteiger charge is 2.36. The van der Waals surface area contributed by atoms with Gasteiger partial charge in [-0.3, -0.25) is 0 Å². The number of hydrogen-bond donors (Lipinski definition) is 2. The minimum Gasteiger partial charge on any atom is -0.384 e. The molecule has 4 nitrogen and oxygen atoms in total. The van der Waals surface area contributed by atoms with Gasteiger partial charge >= 0.3 is 6.18 Å². The van der Waals surface area contributed by atoms with E-state index in [-0.39, 0.29) is 17.7 Å². The number of nitrogens with two attached hydrogens (primary N) is 1. The van der Waals surface area contributed by atoms with E-state index < -0.39 is 12.0 Å². The zero-order valence-electron chi connectivity index (χ0n) is 10.8. The molecule has 0 aliphatic heterocycles. The van der Waals surface area contributed by atoms with Gasteiger partial charge in [0, 0.05) is 12.1 Å². The van der Waals surface area contributed by atoms with Gasteiger partial charge in [-0.25, -0.2) is 9.97 Å². The highest BCUT2D eigenvalue weighted by Crippen LogP contribution is 2.34. The average Bonchev–Trinajstić information content (AvgIpc) is 2.59. The summed E-state index contributed by atoms with van der Waals surface area (Å²) in [7, 11) is 0. The van der Waals surface area contributed by atoms with E-state index >= 15 is 0 Å². The molecule has 0 aromatic carbocycles. The van der Waals surface area contributed by atoms with Gasteiger partial charge in [0.15, 0.2) is 0 Å². The summed E-state index contributed by atoms with van der Waals surface area (Å²) in [5.41, 5.74) is 5.40. The van der Waals surface area contributed by atoms with Crippen LogP contribution in [-0.4, -0.2) is 16.0 Å². The number of aromatic nitrogens is 2. The lowest BCUT2D eigenvalue weighted by Crippen LogP contribution is -2.25. The van der Waals surface area contributed by atoms with Crippen molar-refractivity contribution in [3.8, 4) is 0 Å². The van der Waals surface area contributed by atoms with Crippen LogP contribution in [0.5, 0.6) is 0 Å². The summed E-state index contributed by atoms with van der Waals surface area (Å²) in [4.78, 5) is 6.72. The summed E-state index contributed by atoms with van der Waals surface area (Å²) >= 11 is 0. The Balaban J connectivity index is 2.19. The van der Waals surface area contributed by atoms with E-state index in [2.05, 4.69) is 29.1 Å². The molecule has 7 heteroatoms. The van der Waals surface area contributed by atoms with Crippen molar-refractivity contribution in [1.29, 1.82) is 0 Å². The van der Waals surface area contributed by atoms with Crippen LogP contribution in [0.1, 0.15) is 32.5 Å². The number of hydrogen-bond acceptors (Lipinski definition) is 4. The standard InChI is InChI=1S/C12H17F3N4/c1-6-3-4-8(7(6)2)17-10-5-9(16)18-11(19-10)12(13,14)15/h5-8H,3-4H2,1-2H3,(H3,16,17,18,19). The Morgan fingerprint density at radius 2 is 1.95 bits per heavy atom. The van der Waals surface area contributed by atoms with Crippen molar-refractivity contribution in [3.63, 3.8) is 0 Å². The molecule has 1 aliphatic carbocycles. The largest absolute Gasteiger partial charge is 0.451 e. The summed E-state index contributed by atoms with van der Waals surface area (Å²) in [6.45, 7) is 4.23. The fourth-order valence-electron chi connectivity index (χ4n) is 2.43. The van der Waals surface area contributed by atoms with Crippen molar-refractivity contribution in [2.75, 3.05) is 11.1 Å². The second-order valence-corrected chi connectivity index (χ2v) is 5.16. The first-order valence-corrected chi connectivity index (χ1v) is 6.25. The lowest BCUT2D eigenvalue weighted by atomic mass is 9.98. The molecule has 0 spiro atoms. The minimum absolute atomic E-state index is 0.130. The number of nitrogen functional groups attached to an aromatic ring is 1. The SMILES string of the molecule is CC1CCC(Nc2cc(N)nc(C(F)(F)F)n2)C1C. The molecular formula is C12H17F3N4. The van der Waals surface area contributed by atoms with E-state index in [0.717, 1.165) is 12.8 Å². The van der Waals surface area contributed by atoms with Crippen molar-refractivity contribution in [2.45, 2.75) is 38.9 Å². The maximum absolute atomic E-state index is 12.6. The third kappa shape index (κ3) is 3.08. The topological polar surface area (TPSA) is 63.8 Å². The van der Waals surface area contributed by atoms with E-state index in [1.165, 1.54) is 6.07 Å². The zero-order chi connectivity index (χ0) is 14.2. The number of nitrogens with zero attached hydrogens (tertiary/aromatic N) is 2. The van der Waals surface area contributed by atoms with E-state index in [0.29, 0.717) is 11.8 Å². The molecule has 3 unspecified atom stereocenters. The molecular weight excluding hydrogens is 257 g/mol. The molecule has 3 N–H and O–H groups in total. The maximum Gasteiger partial charge on any atom is 0.451 e. The predicted octanol–water partition coefficient (Wildman–Crippen LogP) is 2.92. The zero-order valence-corrected chi connectivity index (χ0v) is 10.8. The molecule has 1 aromatic heterocycles. The Morgan fingerprint density at radius 1 is 1.26 bits per heavy atom. The van der Waals surface area contributed by atoms with Gasteiger partial charge in [0.1, 0.15) is 11.6 Å². The molecule has 0 amide bonds. The van der Waals surface area contributed by atoms with Gasteiger partial charge in [-0.05, 0) is 24.7 Å². The summed E-state index contributed by atoms with van der Waals surface area (Å²) < 4.78 is 37.8. The van der Waals surface area contributed by atoms with Crippen LogP contribution in [0.2, 0.25) is 0 Å². The molecule has 1 heterocycles. The number of nitrogens with one attached hydrogen (secondary N) is 1. The van der Waals surface area contributed by atoms with Crippen molar-refractivity contribution < 1.29 is 13.2 Å². The van der Waals surface area contributed by atoms with Gasteiger partial charge in [0.05, 0.1) is 0 Å². The highest BCUT2D eigenvalue weighted by molar-refractivity contribution is 5.45. The fourth-order valence-corrected chi connectivity index (χ4v) is 2.43. The van der Waals surface area contributed by atoms with Gasteiger partial charge in [0.2, 0.25) is 5.82 Å². The normalized spacial score (nSPS) is 27.5. The van der Waals surface area contributed by atoms with Crippen LogP contribution in [0.15, 0.2) is 6.07 Å². The minimum atomic E-state index is -4.58. The third-order valence-electron chi connectivity index (χ3n) is 3.80. The molecule has 0 radical (unpaired) electrons. The van der Waals surface area contributed by atoms with E-state index in [1.807, 2.05) is 0 Å². The third-order valence-corrected chi connectivity index (χ3v) is 3.80. The first-order chi connectivity index (χ1) is 8.77. The van der Waals surface area contributed by atoms with E-state index in [1.54, 1.807) is 0 Å². The smallest absolute Gasteiger partial charge is 0.384 e. The van der Waals surface area contributed by atoms with Crippen LogP contribution in [-0.2, 0) is 6.18 Å². The highest BCUT2D eigenvalue weighted by atomic mass is 19.4. The number of halogens is 3. The molecule has 3 atom stereocenters. The lowest BCUT2D eigenvalue weighted by molar-refractivity contribution is -0.144. The van der Waals surface area contributed by atoms with E-state index in [4.69, 9.17) is 5.73 Å². The van der Waals surface area contributed by atoms with Gasteiger partial charge in [0.25, 0.3) is 0 Å². The second-order valence-electron chi connectivity index (χ2n) is 5.16. The van der Waals surface area contributed by atoms with E-state index in [9.17, 15) is 13.2 Å². The van der Waals surface area contributed by atoms with Crippen molar-refractivity contribution >= 4 is 11.6 Å². The summed E-state index contributed by atoms with van der Waals surface area (Å²) in [6.07, 6.45) is -2.60. The van der Waals surface area contributed by atoms with Crippen molar-refractivity contribution in [3.05, 3.63) is 11.9 Å². The predicted molar refractivity (Wildman–Crippen MR) is 66.4 cm³/mol. The second kappa shape index (κ2) is 4.86. The lowest BCUT2D eigenvalue weighted by Gasteiger charge is -2.20. The number of alkyl halides is 3. The first kappa shape index (κ1) is 13.9. The monoisotopic (exact) mass is 274 g/mol. The summed E-state index contributed by atoms with van der Waals surface area (Å²) in [5.74, 6) is -0.285. The molecule has 0 bridgehead atoms. The first-order valence-electron chi connectivity index (χ1n) is 6.25. The van der Waals surface area contributed by atoms with Crippen LogP contribution in [0.3, 0.4) is 0 Å².